The smallest absolute Gasteiger partial charge is 0.454 e. The second-order valence-electron chi connectivity index (χ2n) is 4.19. The number of Topliss-reactive ketones (excluding diaryl/α,β-unsaturated/α-hetero) is 1. The molecule has 0 atom stereocenters. The van der Waals surface area contributed by atoms with Crippen molar-refractivity contribution in [1.29, 1.82) is 0 Å². The molecule has 0 unspecified atom stereocenters. The van der Waals surface area contributed by atoms with Crippen molar-refractivity contribution >= 4 is 11.7 Å². The van der Waals surface area contributed by atoms with Crippen LogP contribution in [0.2, 0.25) is 0 Å². The maximum absolute atomic E-state index is 12.4. The Labute approximate surface area is 111 Å². The molecule has 0 fully saturated rings. The van der Waals surface area contributed by atoms with Crippen LogP contribution in [0.25, 0.3) is 0 Å². The van der Waals surface area contributed by atoms with E-state index in [0.29, 0.717) is 6.42 Å². The lowest BCUT2D eigenvalue weighted by Crippen LogP contribution is -2.37. The minimum Gasteiger partial charge on any atom is -0.459 e. The number of alkyl halides is 3. The number of hydrogen-bond acceptors (Lipinski definition) is 4. The standard InChI is InChI=1S/C12H11F3N2O3/c13-12(14,15)10(18)7-3-1-4-8(7)16-17-11(19)9-5-2-6-20-9/h2,5-6,16H,1,3-4H2,(H,17,19). The zero-order valence-corrected chi connectivity index (χ0v) is 10.2. The third kappa shape index (κ3) is 3.01. The van der Waals surface area contributed by atoms with Crippen molar-refractivity contribution in [2.75, 3.05) is 0 Å². The van der Waals surface area contributed by atoms with E-state index in [1.165, 1.54) is 18.4 Å². The van der Waals surface area contributed by atoms with Gasteiger partial charge in [-0.25, -0.2) is 0 Å². The van der Waals surface area contributed by atoms with E-state index in [4.69, 9.17) is 4.42 Å². The normalized spacial score (nSPS) is 15.3. The quantitative estimate of drug-likeness (QED) is 0.832. The first-order valence-electron chi connectivity index (χ1n) is 5.83. The third-order valence-corrected chi connectivity index (χ3v) is 2.82. The molecule has 1 heterocycles. The zero-order valence-electron chi connectivity index (χ0n) is 10.2. The lowest BCUT2D eigenvalue weighted by molar-refractivity contribution is -0.166. The minimum atomic E-state index is -4.91. The largest absolute Gasteiger partial charge is 0.459 e. The molecular formula is C12H11F3N2O3. The second kappa shape index (κ2) is 5.40. The summed E-state index contributed by atoms with van der Waals surface area (Å²) >= 11 is 0. The lowest BCUT2D eigenvalue weighted by atomic mass is 10.1. The summed E-state index contributed by atoms with van der Waals surface area (Å²) in [6.45, 7) is 0. The Morgan fingerprint density at radius 3 is 2.60 bits per heavy atom. The van der Waals surface area contributed by atoms with Gasteiger partial charge in [-0.15, -0.1) is 0 Å². The molecule has 0 bridgehead atoms. The zero-order chi connectivity index (χ0) is 14.8. The highest BCUT2D eigenvalue weighted by Crippen LogP contribution is 2.30. The maximum atomic E-state index is 12.4. The molecule has 0 spiro atoms. The third-order valence-electron chi connectivity index (χ3n) is 2.82. The number of carbonyl (C=O) groups excluding carboxylic acids is 2. The van der Waals surface area contributed by atoms with Gasteiger partial charge in [0.15, 0.2) is 5.76 Å². The number of nitrogens with one attached hydrogen (secondary N) is 2. The number of amides is 1. The van der Waals surface area contributed by atoms with Gasteiger partial charge in [0.1, 0.15) is 0 Å². The van der Waals surface area contributed by atoms with Gasteiger partial charge in [-0.05, 0) is 31.4 Å². The van der Waals surface area contributed by atoms with Gasteiger partial charge < -0.3 is 9.84 Å². The van der Waals surface area contributed by atoms with Crippen molar-refractivity contribution in [3.8, 4) is 0 Å². The number of furan rings is 1. The molecule has 2 N–H and O–H groups in total. The van der Waals surface area contributed by atoms with Crippen LogP contribution in [0.1, 0.15) is 29.8 Å². The summed E-state index contributed by atoms with van der Waals surface area (Å²) in [5.74, 6) is -2.49. The van der Waals surface area contributed by atoms with Crippen molar-refractivity contribution < 1.29 is 27.2 Å². The van der Waals surface area contributed by atoms with E-state index >= 15 is 0 Å². The van der Waals surface area contributed by atoms with Gasteiger partial charge in [-0.2, -0.15) is 13.2 Å². The molecule has 0 aromatic carbocycles. The predicted molar refractivity (Wildman–Crippen MR) is 61.2 cm³/mol. The summed E-state index contributed by atoms with van der Waals surface area (Å²) < 4.78 is 42.0. The number of ketones is 1. The molecular weight excluding hydrogens is 277 g/mol. The van der Waals surface area contributed by atoms with Crippen LogP contribution in [-0.4, -0.2) is 17.9 Å². The van der Waals surface area contributed by atoms with Crippen molar-refractivity contribution in [3.05, 3.63) is 35.4 Å². The average Bonchev–Trinajstić information content (AvgIpc) is 3.04. The van der Waals surface area contributed by atoms with Gasteiger partial charge in [-0.3, -0.25) is 15.0 Å². The molecule has 2 rings (SSSR count). The van der Waals surface area contributed by atoms with Gasteiger partial charge in [-0.1, -0.05) is 0 Å². The molecule has 1 aromatic heterocycles. The number of allylic oxidation sites excluding steroid dienone is 2. The van der Waals surface area contributed by atoms with Crippen molar-refractivity contribution in [2.45, 2.75) is 25.4 Å². The van der Waals surface area contributed by atoms with Crippen molar-refractivity contribution in [2.24, 2.45) is 0 Å². The first-order chi connectivity index (χ1) is 9.39. The lowest BCUT2D eigenvalue weighted by Gasteiger charge is -2.11. The van der Waals surface area contributed by atoms with Gasteiger partial charge in [0.25, 0.3) is 5.78 Å². The molecule has 1 aliphatic rings. The monoisotopic (exact) mass is 288 g/mol. The first-order valence-corrected chi connectivity index (χ1v) is 5.83. The first kappa shape index (κ1) is 14.2. The van der Waals surface area contributed by atoms with E-state index in [1.807, 2.05) is 0 Å². The van der Waals surface area contributed by atoms with E-state index in [0.717, 1.165) is 0 Å². The minimum absolute atomic E-state index is 0.0137. The number of rotatable bonds is 4. The highest BCUT2D eigenvalue weighted by molar-refractivity contribution is 6.00. The number of hydrogen-bond donors (Lipinski definition) is 2. The molecule has 8 heteroatoms. The summed E-state index contributed by atoms with van der Waals surface area (Å²) in [5.41, 5.74) is 4.33. The van der Waals surface area contributed by atoms with Crippen molar-refractivity contribution in [1.82, 2.24) is 10.9 Å². The summed E-state index contributed by atoms with van der Waals surface area (Å²) in [6.07, 6.45) is -2.87. The Morgan fingerprint density at radius 1 is 1.25 bits per heavy atom. The Bertz CT molecular complexity index is 547. The maximum Gasteiger partial charge on any atom is 0.454 e. The van der Waals surface area contributed by atoms with Gasteiger partial charge in [0.05, 0.1) is 6.26 Å². The summed E-state index contributed by atoms with van der Waals surface area (Å²) in [7, 11) is 0. The Balaban J connectivity index is 2.04. The number of hydrazine groups is 1. The molecule has 108 valence electrons. The van der Waals surface area contributed by atoms with Gasteiger partial charge >= 0.3 is 12.1 Å². The second-order valence-corrected chi connectivity index (χ2v) is 4.19. The summed E-state index contributed by atoms with van der Waals surface area (Å²) in [5, 5.41) is 0. The molecule has 20 heavy (non-hydrogen) atoms. The van der Waals surface area contributed by atoms with E-state index in [-0.39, 0.29) is 29.9 Å². The number of halogens is 3. The molecule has 0 radical (unpaired) electrons. The molecule has 0 saturated heterocycles. The van der Waals surface area contributed by atoms with Crippen LogP contribution >= 0.6 is 0 Å². The summed E-state index contributed by atoms with van der Waals surface area (Å²) in [4.78, 5) is 22.7. The van der Waals surface area contributed by atoms with Crippen LogP contribution in [0.5, 0.6) is 0 Å². The Hall–Kier alpha value is -2.25. The van der Waals surface area contributed by atoms with E-state index in [2.05, 4.69) is 10.9 Å². The van der Waals surface area contributed by atoms with Crippen LogP contribution in [0.3, 0.4) is 0 Å². The molecule has 1 aliphatic carbocycles. The number of carbonyl (C=O) groups is 2. The fourth-order valence-electron chi connectivity index (χ4n) is 1.90. The molecule has 0 saturated carbocycles. The van der Waals surface area contributed by atoms with E-state index in [9.17, 15) is 22.8 Å². The van der Waals surface area contributed by atoms with Crippen LogP contribution in [-0.2, 0) is 4.79 Å². The SMILES string of the molecule is O=C(NNC1=C(C(=O)C(F)(F)F)CCC1)c1ccco1. The molecule has 5 nitrogen and oxygen atoms in total. The van der Waals surface area contributed by atoms with Crippen LogP contribution in [0.4, 0.5) is 13.2 Å². The van der Waals surface area contributed by atoms with Crippen LogP contribution in [0.15, 0.2) is 34.1 Å². The highest BCUT2D eigenvalue weighted by Gasteiger charge is 2.42. The molecule has 0 aliphatic heterocycles. The van der Waals surface area contributed by atoms with Crippen molar-refractivity contribution in [3.63, 3.8) is 0 Å². The van der Waals surface area contributed by atoms with E-state index < -0.39 is 17.9 Å². The molecule has 1 aromatic rings. The topological polar surface area (TPSA) is 71.3 Å². The Kier molecular flexibility index (Phi) is 3.82. The highest BCUT2D eigenvalue weighted by atomic mass is 19.4. The fraction of sp³-hybridized carbons (Fsp3) is 0.333. The van der Waals surface area contributed by atoms with Gasteiger partial charge in [0.2, 0.25) is 0 Å². The summed E-state index contributed by atoms with van der Waals surface area (Å²) in [6, 6.07) is 2.91. The van der Waals surface area contributed by atoms with E-state index in [1.54, 1.807) is 0 Å². The Morgan fingerprint density at radius 2 is 2.00 bits per heavy atom. The fourth-order valence-corrected chi connectivity index (χ4v) is 1.90. The predicted octanol–water partition coefficient (Wildman–Crippen LogP) is 2.08. The van der Waals surface area contributed by atoms with Crippen LogP contribution in [0, 0.1) is 0 Å². The van der Waals surface area contributed by atoms with Gasteiger partial charge in [0, 0.05) is 11.3 Å². The average molecular weight is 288 g/mol. The molecule has 1 amide bonds. The van der Waals surface area contributed by atoms with Crippen LogP contribution < -0.4 is 10.9 Å².